The second-order valence-electron chi connectivity index (χ2n) is 8.14. The summed E-state index contributed by atoms with van der Waals surface area (Å²) in [5.41, 5.74) is 1.02. The number of fused-ring (bicyclic) bond motifs is 4. The topological polar surface area (TPSA) is 95.9 Å². The van der Waals surface area contributed by atoms with Crippen molar-refractivity contribution in [3.63, 3.8) is 0 Å². The summed E-state index contributed by atoms with van der Waals surface area (Å²) >= 11 is 1.32. The molecule has 2 N–H and O–H groups in total. The lowest BCUT2D eigenvalue weighted by Gasteiger charge is -2.43. The Labute approximate surface area is 175 Å². The first-order chi connectivity index (χ1) is 13.8. The molecule has 0 aromatic carbocycles. The maximum Gasteiger partial charge on any atom is 0.397 e. The molecule has 0 aliphatic carbocycles. The molecule has 2 aliphatic rings. The van der Waals surface area contributed by atoms with Crippen LogP contribution in [-0.2, 0) is 14.3 Å². The summed E-state index contributed by atoms with van der Waals surface area (Å²) in [5, 5.41) is 12.7. The van der Waals surface area contributed by atoms with E-state index in [1.807, 2.05) is 0 Å². The Balaban J connectivity index is 1.95. The number of nitrogens with one attached hydrogen (secondary N) is 1. The highest BCUT2D eigenvalue weighted by Gasteiger charge is 2.41. The summed E-state index contributed by atoms with van der Waals surface area (Å²) in [6.07, 6.45) is 5.92. The van der Waals surface area contributed by atoms with Gasteiger partial charge in [-0.15, -0.1) is 11.3 Å². The van der Waals surface area contributed by atoms with E-state index in [2.05, 4.69) is 17.1 Å². The monoisotopic (exact) mass is 422 g/mol. The van der Waals surface area contributed by atoms with E-state index in [-0.39, 0.29) is 22.5 Å². The third-order valence-corrected chi connectivity index (χ3v) is 6.85. The lowest BCUT2D eigenvalue weighted by atomic mass is 9.81. The lowest BCUT2D eigenvalue weighted by molar-refractivity contribution is -0.155. The van der Waals surface area contributed by atoms with Crippen LogP contribution in [0.15, 0.2) is 0 Å². The van der Waals surface area contributed by atoms with E-state index in [1.165, 1.54) is 11.3 Å². The molecule has 3 atom stereocenters. The predicted molar refractivity (Wildman–Crippen MR) is 112 cm³/mol. The molecule has 0 spiro atoms. The van der Waals surface area contributed by atoms with Gasteiger partial charge in [0.15, 0.2) is 0 Å². The van der Waals surface area contributed by atoms with E-state index < -0.39 is 23.9 Å². The van der Waals surface area contributed by atoms with Crippen LogP contribution in [0.2, 0.25) is 0 Å². The van der Waals surface area contributed by atoms with Gasteiger partial charge < -0.3 is 15.2 Å². The predicted octanol–water partition coefficient (Wildman–Crippen LogP) is 4.15. The number of thiophene rings is 1. The van der Waals surface area contributed by atoms with E-state index in [1.54, 1.807) is 13.8 Å². The number of amides is 1. The van der Waals surface area contributed by atoms with Crippen LogP contribution in [-0.4, -0.2) is 47.0 Å². The minimum atomic E-state index is -1.05. The second kappa shape index (κ2) is 9.26. The van der Waals surface area contributed by atoms with Gasteiger partial charge in [-0.05, 0) is 51.1 Å². The fraction of sp³-hybridized carbons (Fsp3) is 0.667. The Hall–Kier alpha value is -1.93. The van der Waals surface area contributed by atoms with Gasteiger partial charge in [-0.2, -0.15) is 0 Å². The number of carbonyl (C=O) groups excluding carboxylic acids is 2. The van der Waals surface area contributed by atoms with E-state index in [0.717, 1.165) is 62.1 Å². The van der Waals surface area contributed by atoms with Crippen LogP contribution in [0.5, 0.6) is 0 Å². The molecule has 1 saturated heterocycles. The minimum Gasteiger partial charge on any atom is -0.478 e. The molecule has 1 aromatic rings. The fourth-order valence-electron chi connectivity index (χ4n) is 4.43. The molecule has 29 heavy (non-hydrogen) atoms. The number of ether oxygens (including phenoxy) is 1. The lowest BCUT2D eigenvalue weighted by Crippen LogP contribution is -2.41. The van der Waals surface area contributed by atoms with Crippen molar-refractivity contribution >= 4 is 34.2 Å². The maximum absolute atomic E-state index is 12.3. The minimum absolute atomic E-state index is 0.155. The van der Waals surface area contributed by atoms with Crippen LogP contribution < -0.4 is 5.32 Å². The van der Waals surface area contributed by atoms with Crippen LogP contribution in [0.25, 0.3) is 0 Å². The Kier molecular flexibility index (Phi) is 6.95. The number of carboxylic acids is 1. The summed E-state index contributed by atoms with van der Waals surface area (Å²) in [4.78, 5) is 39.8. The number of esters is 1. The Bertz CT molecular complexity index is 788. The largest absolute Gasteiger partial charge is 0.478 e. The van der Waals surface area contributed by atoms with Crippen molar-refractivity contribution in [2.45, 2.75) is 77.4 Å². The summed E-state index contributed by atoms with van der Waals surface area (Å²) in [6.45, 7) is 7.38. The highest BCUT2D eigenvalue weighted by Crippen LogP contribution is 2.51. The Morgan fingerprint density at radius 2 is 2.07 bits per heavy atom. The molecule has 3 rings (SSSR count). The van der Waals surface area contributed by atoms with Crippen LogP contribution in [0.4, 0.5) is 5.00 Å². The molecule has 2 bridgehead atoms. The van der Waals surface area contributed by atoms with Gasteiger partial charge in [0.2, 0.25) is 0 Å². The fourth-order valence-corrected chi connectivity index (χ4v) is 5.87. The van der Waals surface area contributed by atoms with E-state index in [9.17, 15) is 19.5 Å². The molecule has 0 saturated carbocycles. The molecule has 3 heterocycles. The van der Waals surface area contributed by atoms with E-state index >= 15 is 0 Å². The van der Waals surface area contributed by atoms with Gasteiger partial charge in [-0.1, -0.05) is 26.2 Å². The van der Waals surface area contributed by atoms with Crippen molar-refractivity contribution in [1.29, 1.82) is 0 Å². The number of carbonyl (C=O) groups is 3. The molecular formula is C21H30N2O5S. The number of unbranched alkanes of at least 4 members (excludes halogenated alkanes) is 2. The number of hydrogen-bond donors (Lipinski definition) is 2. The van der Waals surface area contributed by atoms with Crippen molar-refractivity contribution in [1.82, 2.24) is 4.90 Å². The zero-order valence-electron chi connectivity index (χ0n) is 17.3. The molecular weight excluding hydrogens is 392 g/mol. The van der Waals surface area contributed by atoms with Crippen LogP contribution in [0.1, 0.15) is 92.1 Å². The number of carboxylic acid groups (broad SMARTS) is 1. The van der Waals surface area contributed by atoms with Crippen molar-refractivity contribution in [2.75, 3.05) is 18.4 Å². The van der Waals surface area contributed by atoms with Crippen molar-refractivity contribution in [2.24, 2.45) is 0 Å². The second-order valence-corrected chi connectivity index (χ2v) is 9.20. The highest BCUT2D eigenvalue weighted by molar-refractivity contribution is 7.17. The molecule has 1 fully saturated rings. The van der Waals surface area contributed by atoms with Crippen LogP contribution >= 0.6 is 11.3 Å². The van der Waals surface area contributed by atoms with E-state index in [4.69, 9.17) is 4.74 Å². The van der Waals surface area contributed by atoms with Crippen molar-refractivity contribution in [3.05, 3.63) is 16.0 Å². The number of rotatable bonds is 7. The Morgan fingerprint density at radius 1 is 1.31 bits per heavy atom. The number of piperidine rings is 1. The molecule has 160 valence electrons. The molecule has 3 unspecified atom stereocenters. The molecule has 7 nitrogen and oxygen atoms in total. The van der Waals surface area contributed by atoms with Crippen molar-refractivity contribution < 1.29 is 24.2 Å². The SMILES string of the molecule is CCCCCC1c2sc(NC(=O)C(=O)OC(C)C)c(C(=O)O)c2C2CCCN1C2. The van der Waals surface area contributed by atoms with Crippen molar-refractivity contribution in [3.8, 4) is 0 Å². The van der Waals surface area contributed by atoms with Gasteiger partial charge >= 0.3 is 17.8 Å². The molecule has 1 amide bonds. The van der Waals surface area contributed by atoms with E-state index in [0.29, 0.717) is 0 Å². The average molecular weight is 423 g/mol. The molecule has 0 radical (unpaired) electrons. The van der Waals surface area contributed by atoms with Gasteiger partial charge in [0.25, 0.3) is 0 Å². The summed E-state index contributed by atoms with van der Waals surface area (Å²) in [6, 6.07) is 0.185. The smallest absolute Gasteiger partial charge is 0.397 e. The molecule has 2 aliphatic heterocycles. The number of anilines is 1. The van der Waals surface area contributed by atoms with Gasteiger partial charge in [-0.3, -0.25) is 9.69 Å². The summed E-state index contributed by atoms with van der Waals surface area (Å²) in [5.74, 6) is -2.81. The molecule has 1 aromatic heterocycles. The number of nitrogens with zero attached hydrogens (tertiary/aromatic N) is 1. The first-order valence-corrected chi connectivity index (χ1v) is 11.3. The average Bonchev–Trinajstić information content (AvgIpc) is 3.03. The van der Waals surface area contributed by atoms with Gasteiger partial charge in [0.1, 0.15) is 5.00 Å². The third kappa shape index (κ3) is 4.64. The van der Waals surface area contributed by atoms with Gasteiger partial charge in [0, 0.05) is 17.5 Å². The zero-order chi connectivity index (χ0) is 21.1. The summed E-state index contributed by atoms with van der Waals surface area (Å²) < 4.78 is 4.94. The first kappa shape index (κ1) is 21.8. The normalized spacial score (nSPS) is 22.8. The quantitative estimate of drug-likeness (QED) is 0.389. The standard InChI is InChI=1S/C21H30N2O5S/c1-4-5-6-9-14-17-15(13-8-7-10-23(14)11-13)16(20(25)26)19(29-17)22-18(24)21(27)28-12(2)3/h12-14H,4-11H2,1-3H3,(H,22,24)(H,25,26). The third-order valence-electron chi connectivity index (χ3n) is 5.63. The molecule has 8 heteroatoms. The maximum atomic E-state index is 12.3. The number of hydrogen-bond acceptors (Lipinski definition) is 6. The highest BCUT2D eigenvalue weighted by atomic mass is 32.1. The van der Waals surface area contributed by atoms with Crippen LogP contribution in [0.3, 0.4) is 0 Å². The van der Waals surface area contributed by atoms with Gasteiger partial charge in [0.05, 0.1) is 11.7 Å². The van der Waals surface area contributed by atoms with Gasteiger partial charge in [-0.25, -0.2) is 9.59 Å². The first-order valence-electron chi connectivity index (χ1n) is 10.5. The number of aromatic carboxylic acids is 1. The Morgan fingerprint density at radius 3 is 2.72 bits per heavy atom. The zero-order valence-corrected chi connectivity index (χ0v) is 18.1. The van der Waals surface area contributed by atoms with Crippen LogP contribution in [0, 0.1) is 0 Å². The summed E-state index contributed by atoms with van der Waals surface area (Å²) in [7, 11) is 0.